The van der Waals surface area contributed by atoms with Gasteiger partial charge in [0.2, 0.25) is 0 Å². The molecule has 0 aliphatic rings. The van der Waals surface area contributed by atoms with Crippen molar-refractivity contribution in [3.8, 4) is 22.7 Å². The highest BCUT2D eigenvalue weighted by Crippen LogP contribution is 2.33. The Morgan fingerprint density at radius 2 is 1.87 bits per heavy atom. The van der Waals surface area contributed by atoms with E-state index in [1.54, 1.807) is 13.2 Å². The Morgan fingerprint density at radius 3 is 2.57 bits per heavy atom. The highest BCUT2D eigenvalue weighted by Gasteiger charge is 2.15. The number of nitrogens with zero attached hydrogens (tertiary/aromatic N) is 5. The lowest BCUT2D eigenvalue weighted by Crippen LogP contribution is -2.23. The van der Waals surface area contributed by atoms with Crippen LogP contribution in [0.4, 0.5) is 0 Å². The monoisotopic (exact) mass is 421 g/mol. The van der Waals surface area contributed by atoms with E-state index in [4.69, 9.17) is 16.3 Å². The highest BCUT2D eigenvalue weighted by molar-refractivity contribution is 6.32. The second kappa shape index (κ2) is 8.12. The second-order valence-electron chi connectivity index (χ2n) is 6.97. The zero-order chi connectivity index (χ0) is 21.3. The van der Waals surface area contributed by atoms with Crippen molar-refractivity contribution in [3.05, 3.63) is 86.9 Å². The number of ether oxygens (including phenoxy) is 1. The van der Waals surface area contributed by atoms with Gasteiger partial charge in [-0.3, -0.25) is 4.98 Å². The van der Waals surface area contributed by atoms with Crippen LogP contribution in [0.1, 0.15) is 16.7 Å². The molecule has 0 saturated heterocycles. The fourth-order valence-corrected chi connectivity index (χ4v) is 3.47. The molecule has 0 aliphatic carbocycles. The number of rotatable bonds is 5. The number of tetrazole rings is 1. The molecule has 0 saturated carbocycles. The lowest BCUT2D eigenvalue weighted by molar-refractivity contribution is 0.305. The smallest absolute Gasteiger partial charge is 0.368 e. The number of hydrogen-bond donors (Lipinski definition) is 0. The van der Waals surface area contributed by atoms with E-state index < -0.39 is 0 Å². The maximum Gasteiger partial charge on any atom is 0.368 e. The van der Waals surface area contributed by atoms with E-state index >= 15 is 0 Å². The molecule has 7 nitrogen and oxygen atoms in total. The predicted octanol–water partition coefficient (Wildman–Crippen LogP) is 3.88. The largest absolute Gasteiger partial charge is 0.487 e. The molecule has 0 N–H and O–H groups in total. The Morgan fingerprint density at radius 1 is 1.03 bits per heavy atom. The summed E-state index contributed by atoms with van der Waals surface area (Å²) in [5, 5.41) is 8.24. The Hall–Kier alpha value is -3.45. The first-order chi connectivity index (χ1) is 14.5. The molecule has 152 valence electrons. The van der Waals surface area contributed by atoms with E-state index in [-0.39, 0.29) is 12.3 Å². The second-order valence-corrected chi connectivity index (χ2v) is 7.38. The summed E-state index contributed by atoms with van der Waals surface area (Å²) in [6.45, 7) is 4.18. The normalized spacial score (nSPS) is 10.9. The van der Waals surface area contributed by atoms with Crippen LogP contribution in [-0.4, -0.2) is 24.8 Å². The molecule has 2 aromatic heterocycles. The maximum absolute atomic E-state index is 12.3. The third-order valence-electron chi connectivity index (χ3n) is 4.93. The van der Waals surface area contributed by atoms with Crippen LogP contribution in [0.3, 0.4) is 0 Å². The number of benzene rings is 2. The van der Waals surface area contributed by atoms with Crippen molar-refractivity contribution in [2.75, 3.05) is 0 Å². The summed E-state index contributed by atoms with van der Waals surface area (Å²) in [7, 11) is 1.56. The number of aromatic nitrogens is 5. The molecule has 30 heavy (non-hydrogen) atoms. The molecule has 4 rings (SSSR count). The molecular weight excluding hydrogens is 402 g/mol. The summed E-state index contributed by atoms with van der Waals surface area (Å²) in [6, 6.07) is 15.2. The quantitative estimate of drug-likeness (QED) is 0.489. The van der Waals surface area contributed by atoms with Gasteiger partial charge in [0.1, 0.15) is 12.4 Å². The standard InChI is InChI=1S/C22H20ClN5O2/c1-14-7-6-9-20(28-22(29)27(3)25-26-28)17(14)13-30-21-11-15(2)16(12-18(21)23)19-8-4-5-10-24-19/h4-12H,13H2,1-3H3. The van der Waals surface area contributed by atoms with Crippen LogP contribution >= 0.6 is 11.6 Å². The van der Waals surface area contributed by atoms with Crippen molar-refractivity contribution in [3.63, 3.8) is 0 Å². The van der Waals surface area contributed by atoms with Crippen molar-refractivity contribution < 1.29 is 4.74 Å². The average Bonchev–Trinajstić information content (AvgIpc) is 3.08. The topological polar surface area (TPSA) is 74.8 Å². The predicted molar refractivity (Wildman–Crippen MR) is 115 cm³/mol. The minimum Gasteiger partial charge on any atom is -0.487 e. The molecule has 8 heteroatoms. The third kappa shape index (κ3) is 3.71. The Bertz CT molecular complexity index is 1260. The third-order valence-corrected chi connectivity index (χ3v) is 5.22. The van der Waals surface area contributed by atoms with Gasteiger partial charge in [-0.15, -0.1) is 0 Å². The molecule has 0 unspecified atom stereocenters. The fourth-order valence-electron chi connectivity index (χ4n) is 3.25. The molecule has 4 aromatic rings. The summed E-state index contributed by atoms with van der Waals surface area (Å²) in [4.78, 5) is 16.7. The van der Waals surface area contributed by atoms with Crippen molar-refractivity contribution in [1.82, 2.24) is 24.8 Å². The lowest BCUT2D eigenvalue weighted by Gasteiger charge is -2.15. The van der Waals surface area contributed by atoms with Crippen LogP contribution in [0, 0.1) is 13.8 Å². The van der Waals surface area contributed by atoms with Crippen molar-refractivity contribution in [1.29, 1.82) is 0 Å². The number of hydrogen-bond acceptors (Lipinski definition) is 5. The van der Waals surface area contributed by atoms with Gasteiger partial charge in [-0.1, -0.05) is 29.8 Å². The summed E-state index contributed by atoms with van der Waals surface area (Å²) in [6.07, 6.45) is 1.75. The lowest BCUT2D eigenvalue weighted by atomic mass is 10.0. The van der Waals surface area contributed by atoms with Crippen LogP contribution in [0.5, 0.6) is 5.75 Å². The average molecular weight is 422 g/mol. The van der Waals surface area contributed by atoms with Crippen LogP contribution < -0.4 is 10.4 Å². The van der Waals surface area contributed by atoms with Crippen molar-refractivity contribution in [2.45, 2.75) is 20.5 Å². The Balaban J connectivity index is 1.66. The van der Waals surface area contributed by atoms with Gasteiger partial charge in [-0.25, -0.2) is 4.79 Å². The molecule has 0 aliphatic heterocycles. The number of aryl methyl sites for hydroxylation is 3. The first-order valence-electron chi connectivity index (χ1n) is 9.38. The van der Waals surface area contributed by atoms with E-state index in [0.717, 1.165) is 27.9 Å². The summed E-state index contributed by atoms with van der Waals surface area (Å²) in [5.74, 6) is 0.564. The molecule has 0 radical (unpaired) electrons. The van der Waals surface area contributed by atoms with Crippen molar-refractivity contribution >= 4 is 11.6 Å². The van der Waals surface area contributed by atoms with Gasteiger partial charge in [0.05, 0.1) is 16.4 Å². The van der Waals surface area contributed by atoms with Gasteiger partial charge >= 0.3 is 5.69 Å². The minimum absolute atomic E-state index is 0.229. The molecule has 0 bridgehead atoms. The fraction of sp³-hybridized carbons (Fsp3) is 0.182. The molecule has 2 heterocycles. The molecule has 0 fully saturated rings. The van der Waals surface area contributed by atoms with Gasteiger partial charge in [0.15, 0.2) is 0 Å². The number of halogens is 1. The molecule has 0 spiro atoms. The molecule has 0 amide bonds. The van der Waals surface area contributed by atoms with Gasteiger partial charge in [-0.05, 0) is 65.7 Å². The van der Waals surface area contributed by atoms with Crippen LogP contribution in [0.2, 0.25) is 5.02 Å². The van der Waals surface area contributed by atoms with Crippen LogP contribution in [0.15, 0.2) is 59.5 Å². The molecular formula is C22H20ClN5O2. The van der Waals surface area contributed by atoms with Crippen LogP contribution in [-0.2, 0) is 13.7 Å². The van der Waals surface area contributed by atoms with E-state index in [9.17, 15) is 4.79 Å². The summed E-state index contributed by atoms with van der Waals surface area (Å²) >= 11 is 6.51. The van der Waals surface area contributed by atoms with E-state index in [0.29, 0.717) is 16.5 Å². The first-order valence-corrected chi connectivity index (χ1v) is 9.75. The Kier molecular flexibility index (Phi) is 5.37. The van der Waals surface area contributed by atoms with Crippen molar-refractivity contribution in [2.24, 2.45) is 7.05 Å². The zero-order valence-electron chi connectivity index (χ0n) is 16.8. The summed E-state index contributed by atoms with van der Waals surface area (Å²) in [5.41, 5.74) is 4.93. The van der Waals surface area contributed by atoms with Gasteiger partial charge in [0, 0.05) is 24.4 Å². The minimum atomic E-state index is -0.324. The van der Waals surface area contributed by atoms with E-state index in [1.807, 2.05) is 62.4 Å². The molecule has 2 aromatic carbocycles. The highest BCUT2D eigenvalue weighted by atomic mass is 35.5. The maximum atomic E-state index is 12.3. The number of pyridine rings is 1. The van der Waals surface area contributed by atoms with Crippen LogP contribution in [0.25, 0.3) is 16.9 Å². The van der Waals surface area contributed by atoms with E-state index in [1.165, 1.54) is 9.36 Å². The first kappa shape index (κ1) is 19.8. The van der Waals surface area contributed by atoms with Gasteiger partial charge < -0.3 is 4.74 Å². The summed E-state index contributed by atoms with van der Waals surface area (Å²) < 4.78 is 8.51. The van der Waals surface area contributed by atoms with E-state index in [2.05, 4.69) is 15.4 Å². The molecule has 0 atom stereocenters. The van der Waals surface area contributed by atoms with Gasteiger partial charge in [-0.2, -0.15) is 9.36 Å². The van der Waals surface area contributed by atoms with Gasteiger partial charge in [0.25, 0.3) is 0 Å². The Labute approximate surface area is 178 Å². The zero-order valence-corrected chi connectivity index (χ0v) is 17.6. The SMILES string of the molecule is Cc1cc(OCc2c(C)cccc2-n2nnn(C)c2=O)c(Cl)cc1-c1ccccn1.